The molecular weight excluding hydrogens is 687 g/mol. The summed E-state index contributed by atoms with van der Waals surface area (Å²) in [6.07, 6.45) is 1.88. The first-order valence-electron chi connectivity index (χ1n) is 16.1. The van der Waals surface area contributed by atoms with Gasteiger partial charge in [-0.05, 0) is 80.8 Å². The van der Waals surface area contributed by atoms with Gasteiger partial charge in [-0.1, -0.05) is 59.8 Å². The maximum atomic E-state index is 13.2. The number of rotatable bonds is 5. The summed E-state index contributed by atoms with van der Waals surface area (Å²) < 4.78 is 80.6. The lowest BCUT2D eigenvalue weighted by Crippen LogP contribution is -2.32. The van der Waals surface area contributed by atoms with E-state index in [0.717, 1.165) is 0 Å². The minimum absolute atomic E-state index is 0.00553. The van der Waals surface area contributed by atoms with Crippen LogP contribution in [0.15, 0.2) is 46.2 Å². The number of hydrogen-bond acceptors (Lipinski definition) is 9. The molecule has 2 heterocycles. The quantitative estimate of drug-likeness (QED) is 0.225. The van der Waals surface area contributed by atoms with Crippen LogP contribution in [0.25, 0.3) is 11.6 Å². The highest BCUT2D eigenvalue weighted by Gasteiger charge is 2.45. The highest BCUT2D eigenvalue weighted by atomic mass is 32.2. The van der Waals surface area contributed by atoms with E-state index in [9.17, 15) is 40.3 Å². The van der Waals surface area contributed by atoms with Gasteiger partial charge in [0.05, 0.1) is 5.56 Å². The van der Waals surface area contributed by atoms with Crippen molar-refractivity contribution in [3.63, 3.8) is 0 Å². The topological polar surface area (TPSA) is 182 Å². The average Bonchev–Trinajstić information content (AvgIpc) is 3.53. The van der Waals surface area contributed by atoms with Crippen molar-refractivity contribution in [2.24, 2.45) is 11.8 Å². The summed E-state index contributed by atoms with van der Waals surface area (Å²) in [5.41, 5.74) is 1.51. The third kappa shape index (κ3) is 4.94. The Bertz CT molecular complexity index is 2430. The minimum Gasteiger partial charge on any atom is -0.453 e. The van der Waals surface area contributed by atoms with Crippen LogP contribution in [0.5, 0.6) is 11.5 Å². The van der Waals surface area contributed by atoms with Crippen molar-refractivity contribution in [3.8, 4) is 11.5 Å². The predicted octanol–water partition coefficient (Wildman–Crippen LogP) is 3.93. The van der Waals surface area contributed by atoms with Crippen molar-refractivity contribution in [3.05, 3.63) is 80.2 Å². The monoisotopic (exact) mass is 721 g/mol. The molecule has 1 saturated heterocycles. The zero-order valence-corrected chi connectivity index (χ0v) is 29.8. The lowest BCUT2D eigenvalue weighted by atomic mass is 9.77. The van der Waals surface area contributed by atoms with Crippen LogP contribution in [0.2, 0.25) is 0 Å². The normalized spacial score (nSPS) is 21.6. The molecule has 4 aliphatic rings. The fourth-order valence-corrected chi connectivity index (χ4v) is 9.30. The van der Waals surface area contributed by atoms with Crippen LogP contribution in [0.4, 0.5) is 0 Å². The highest BCUT2D eigenvalue weighted by Crippen LogP contribution is 2.52. The van der Waals surface area contributed by atoms with Crippen molar-refractivity contribution in [2.75, 3.05) is 0 Å². The van der Waals surface area contributed by atoms with E-state index in [4.69, 9.17) is 9.57 Å². The molecule has 2 amide bonds. The van der Waals surface area contributed by atoms with E-state index in [2.05, 4.69) is 0 Å². The fourth-order valence-electron chi connectivity index (χ4n) is 7.57. The van der Waals surface area contributed by atoms with Crippen LogP contribution in [0.1, 0.15) is 92.6 Å². The van der Waals surface area contributed by atoms with Crippen molar-refractivity contribution in [1.29, 1.82) is 0 Å². The summed E-state index contributed by atoms with van der Waals surface area (Å²) in [5, 5.41) is 0.918. The molecule has 50 heavy (non-hydrogen) atoms. The summed E-state index contributed by atoms with van der Waals surface area (Å²) in [6, 6.07) is 9.43. The van der Waals surface area contributed by atoms with Crippen LogP contribution in [-0.4, -0.2) is 48.8 Å². The summed E-state index contributed by atoms with van der Waals surface area (Å²) in [4.78, 5) is 41.1. The molecular formula is C36H35NO11S2. The fraction of sp³-hybridized carbons (Fsp3) is 0.361. The Labute approximate surface area is 288 Å². The second kappa shape index (κ2) is 10.8. The van der Waals surface area contributed by atoms with E-state index in [0.29, 0.717) is 39.3 Å². The second-order valence-electron chi connectivity index (χ2n) is 14.6. The number of benzene rings is 3. The van der Waals surface area contributed by atoms with Crippen LogP contribution < -0.4 is 15.2 Å². The zero-order chi connectivity index (χ0) is 36.5. The lowest BCUT2D eigenvalue weighted by molar-refractivity contribution is -0.172. The van der Waals surface area contributed by atoms with Crippen molar-refractivity contribution in [1.82, 2.24) is 5.06 Å². The maximum Gasteiger partial charge on any atom is 0.363 e. The zero-order valence-electron chi connectivity index (χ0n) is 28.1. The van der Waals surface area contributed by atoms with Gasteiger partial charge in [0.1, 0.15) is 9.79 Å². The van der Waals surface area contributed by atoms with Gasteiger partial charge in [-0.25, -0.2) is 4.79 Å². The first-order valence-corrected chi connectivity index (χ1v) is 19.0. The summed E-state index contributed by atoms with van der Waals surface area (Å²) in [5.74, 6) is -3.03. The smallest absolute Gasteiger partial charge is 0.363 e. The molecule has 262 valence electrons. The highest BCUT2D eigenvalue weighted by molar-refractivity contribution is 7.86. The van der Waals surface area contributed by atoms with Gasteiger partial charge in [0, 0.05) is 29.2 Å². The van der Waals surface area contributed by atoms with Gasteiger partial charge in [0.2, 0.25) is 0 Å². The Kier molecular flexibility index (Phi) is 7.38. The number of hydrogen-bond donors (Lipinski definition) is 2. The number of nitrogens with zero attached hydrogens (tertiary/aromatic N) is 1. The molecule has 12 nitrogen and oxygen atoms in total. The molecule has 1 fully saturated rings. The van der Waals surface area contributed by atoms with Gasteiger partial charge >= 0.3 is 5.97 Å². The first kappa shape index (κ1) is 34.1. The third-order valence-corrected chi connectivity index (χ3v) is 13.0. The van der Waals surface area contributed by atoms with E-state index in [1.54, 1.807) is 18.2 Å². The van der Waals surface area contributed by atoms with Gasteiger partial charge in [0.25, 0.3) is 32.1 Å². The standard InChI is InChI=1S/C36H35NO11S2/c1-17-13-21-25(35(17,3)4)15-23-29(19-7-9-20(10-8-19)34(40)48-37-27(38)11-12-28(37)39)24-16-26-22(14-18(2)36(26,5)6)33(50(44,45)46)31(24)47-30(23)32(21)49(41,42)43/h7-10,13,15-18H,11-12,14H2,1-6H3,(H,41,42,43)(H,44,45,46). The lowest BCUT2D eigenvalue weighted by Gasteiger charge is -2.30. The SMILES string of the molecule is CC1C=c2c(cc3c(c2S(=O)(=O)O)Oc2c(cc4c(c2S(=O)(=O)O)CC(C)C4(C)C)C=3c2ccc(C(=O)ON3C(=O)CCC3=O)cc2)C1(C)C. The Morgan fingerprint density at radius 1 is 0.860 bits per heavy atom. The number of carbonyl (C=O) groups is 3. The average molecular weight is 722 g/mol. The number of imide groups is 1. The molecule has 2 N–H and O–H groups in total. The van der Waals surface area contributed by atoms with E-state index in [1.165, 1.54) is 24.3 Å². The number of hydroxylamine groups is 2. The van der Waals surface area contributed by atoms with E-state index in [1.807, 2.05) is 41.5 Å². The predicted molar refractivity (Wildman–Crippen MR) is 179 cm³/mol. The molecule has 2 unspecified atom stereocenters. The molecule has 14 heteroatoms. The van der Waals surface area contributed by atoms with Gasteiger partial charge in [0.15, 0.2) is 11.5 Å². The van der Waals surface area contributed by atoms with Gasteiger partial charge < -0.3 is 9.57 Å². The molecule has 3 aromatic carbocycles. The Morgan fingerprint density at radius 2 is 1.46 bits per heavy atom. The molecule has 2 aliphatic carbocycles. The Morgan fingerprint density at radius 3 is 2.04 bits per heavy atom. The first-order chi connectivity index (χ1) is 23.1. The molecule has 7 rings (SSSR count). The van der Waals surface area contributed by atoms with Gasteiger partial charge in [-0.15, -0.1) is 5.06 Å². The van der Waals surface area contributed by atoms with E-state index >= 15 is 0 Å². The molecule has 0 spiro atoms. The molecule has 0 bridgehead atoms. The van der Waals surface area contributed by atoms with Crippen LogP contribution in [-0.2, 0) is 51.9 Å². The van der Waals surface area contributed by atoms with Crippen molar-refractivity contribution < 1.29 is 49.9 Å². The van der Waals surface area contributed by atoms with Crippen molar-refractivity contribution >= 4 is 49.7 Å². The van der Waals surface area contributed by atoms with Crippen molar-refractivity contribution in [2.45, 2.75) is 81.4 Å². The van der Waals surface area contributed by atoms with Crippen LogP contribution >= 0.6 is 0 Å². The second-order valence-corrected chi connectivity index (χ2v) is 17.3. The summed E-state index contributed by atoms with van der Waals surface area (Å²) >= 11 is 0. The largest absolute Gasteiger partial charge is 0.453 e. The molecule has 0 aromatic heterocycles. The minimum atomic E-state index is -4.98. The molecule has 2 atom stereocenters. The molecule has 2 aliphatic heterocycles. The molecule has 3 aromatic rings. The number of fused-ring (bicyclic) bond motifs is 4. The molecule has 0 radical (unpaired) electrons. The van der Waals surface area contributed by atoms with E-state index in [-0.39, 0.29) is 57.7 Å². The van der Waals surface area contributed by atoms with Gasteiger partial charge in [-0.2, -0.15) is 16.8 Å². The maximum absolute atomic E-state index is 13.2. The van der Waals surface area contributed by atoms with Gasteiger partial charge in [-0.3, -0.25) is 18.7 Å². The van der Waals surface area contributed by atoms with E-state index < -0.39 is 58.6 Å². The summed E-state index contributed by atoms with van der Waals surface area (Å²) in [6.45, 7) is 11.7. The van der Waals surface area contributed by atoms with Crippen LogP contribution in [0, 0.1) is 11.8 Å². The van der Waals surface area contributed by atoms with Crippen LogP contribution in [0.3, 0.4) is 0 Å². The Balaban J connectivity index is 1.56. The third-order valence-electron chi connectivity index (χ3n) is 11.1. The number of carbonyl (C=O) groups excluding carboxylic acids is 3. The Hall–Kier alpha value is -4.37. The molecule has 0 saturated carbocycles. The number of amides is 2. The summed E-state index contributed by atoms with van der Waals surface area (Å²) in [7, 11) is -9.94. The number of ether oxygens (including phenoxy) is 1.